The van der Waals surface area contributed by atoms with Gasteiger partial charge in [-0.05, 0) is 24.8 Å². The molecule has 0 spiro atoms. The Morgan fingerprint density at radius 1 is 1.50 bits per heavy atom. The molecule has 16 heavy (non-hydrogen) atoms. The van der Waals surface area contributed by atoms with Gasteiger partial charge in [0.2, 0.25) is 0 Å². The zero-order chi connectivity index (χ0) is 11.8. The summed E-state index contributed by atoms with van der Waals surface area (Å²) in [6, 6.07) is 5.63. The van der Waals surface area contributed by atoms with Crippen molar-refractivity contribution in [2.75, 3.05) is 6.26 Å². The van der Waals surface area contributed by atoms with Crippen LogP contribution in [0.4, 0.5) is 4.79 Å². The van der Waals surface area contributed by atoms with Crippen molar-refractivity contribution in [3.8, 4) is 0 Å². The average molecular weight is 237 g/mol. The van der Waals surface area contributed by atoms with E-state index in [2.05, 4.69) is 15.3 Å². The molecule has 5 nitrogen and oxygen atoms in total. The topological polar surface area (TPSA) is 74.0 Å². The molecule has 1 atom stereocenters. The molecule has 0 aliphatic carbocycles. The molecule has 2 N–H and O–H groups in total. The van der Waals surface area contributed by atoms with Crippen LogP contribution in [-0.2, 0) is 0 Å². The van der Waals surface area contributed by atoms with Crippen molar-refractivity contribution in [2.24, 2.45) is 9.98 Å². The van der Waals surface area contributed by atoms with Crippen LogP contribution in [0.1, 0.15) is 5.56 Å². The molecule has 0 fully saturated rings. The summed E-state index contributed by atoms with van der Waals surface area (Å²) in [6.07, 6.45) is 0.636. The number of aryl methyl sites for hydroxylation is 1. The predicted molar refractivity (Wildman–Crippen MR) is 60.9 cm³/mol. The first kappa shape index (κ1) is 10.9. The lowest BCUT2D eigenvalue weighted by Gasteiger charge is -2.19. The second-order valence-electron chi connectivity index (χ2n) is 3.41. The van der Waals surface area contributed by atoms with Crippen LogP contribution in [-0.4, -0.2) is 22.6 Å². The van der Waals surface area contributed by atoms with E-state index in [1.165, 1.54) is 11.8 Å². The van der Waals surface area contributed by atoms with Crippen LogP contribution >= 0.6 is 11.8 Å². The monoisotopic (exact) mass is 237 g/mol. The highest BCUT2D eigenvalue weighted by molar-refractivity contribution is 7.99. The summed E-state index contributed by atoms with van der Waals surface area (Å²) in [5.41, 5.74) is 0.990. The minimum absolute atomic E-state index is 0.725. The van der Waals surface area contributed by atoms with Crippen LogP contribution in [0.3, 0.4) is 0 Å². The van der Waals surface area contributed by atoms with Gasteiger partial charge in [0.25, 0.3) is 5.12 Å². The molecule has 0 saturated carbocycles. The summed E-state index contributed by atoms with van der Waals surface area (Å²) in [7, 11) is 0. The second kappa shape index (κ2) is 3.79. The summed E-state index contributed by atoms with van der Waals surface area (Å²) >= 11 is 1.25. The number of carboxylic acid groups (broad SMARTS) is 1. The second-order valence-corrected chi connectivity index (χ2v) is 4.39. The molecule has 0 bridgehead atoms. The average Bonchev–Trinajstić information content (AvgIpc) is 2.58. The highest BCUT2D eigenvalue weighted by Gasteiger charge is 2.32. The Bertz CT molecular complexity index is 558. The molecule has 0 saturated heterocycles. The SMILES string of the molecule is CSC1(NC(=O)O)N=c2cccc(C)c2=N1. The molecule has 0 aromatic heterocycles. The first-order valence-corrected chi connectivity index (χ1v) is 5.90. The van der Waals surface area contributed by atoms with Gasteiger partial charge in [-0.2, -0.15) is 0 Å². The highest BCUT2D eigenvalue weighted by atomic mass is 32.2. The summed E-state index contributed by atoms with van der Waals surface area (Å²) < 4.78 is 0. The van der Waals surface area contributed by atoms with Gasteiger partial charge in [0.1, 0.15) is 0 Å². The molecule has 1 amide bonds. The lowest BCUT2D eigenvalue weighted by atomic mass is 10.2. The van der Waals surface area contributed by atoms with Gasteiger partial charge in [0, 0.05) is 0 Å². The molecule has 1 heterocycles. The van der Waals surface area contributed by atoms with Crippen molar-refractivity contribution in [2.45, 2.75) is 12.0 Å². The summed E-state index contributed by atoms with van der Waals surface area (Å²) in [6.45, 7) is 1.93. The van der Waals surface area contributed by atoms with Gasteiger partial charge in [-0.15, -0.1) is 0 Å². The predicted octanol–water partition coefficient (Wildman–Crippen LogP) is 0.490. The molecule has 1 aromatic rings. The third-order valence-electron chi connectivity index (χ3n) is 2.31. The Labute approximate surface area is 96.3 Å². The van der Waals surface area contributed by atoms with Crippen LogP contribution in [0.15, 0.2) is 28.2 Å². The van der Waals surface area contributed by atoms with Crippen molar-refractivity contribution >= 4 is 17.9 Å². The Balaban J connectivity index is 2.57. The Hall–Kier alpha value is -1.56. The zero-order valence-electron chi connectivity index (χ0n) is 8.89. The maximum absolute atomic E-state index is 10.7. The third-order valence-corrected chi connectivity index (χ3v) is 3.16. The lowest BCUT2D eigenvalue weighted by molar-refractivity contribution is 0.188. The number of nitrogens with zero attached hydrogens (tertiary/aromatic N) is 2. The number of rotatable bonds is 2. The van der Waals surface area contributed by atoms with Gasteiger partial charge in [-0.1, -0.05) is 23.9 Å². The van der Waals surface area contributed by atoms with E-state index in [4.69, 9.17) is 5.11 Å². The van der Waals surface area contributed by atoms with Crippen molar-refractivity contribution in [3.05, 3.63) is 34.5 Å². The number of hydrogen-bond donors (Lipinski definition) is 2. The standard InChI is InChI=1S/C10H11N3O2S/c1-6-4-3-5-7-8(6)12-10(11-7,16-2)13-9(14)15/h3-5,13H,1-2H3,(H,14,15). The molecule has 0 radical (unpaired) electrons. The van der Waals surface area contributed by atoms with E-state index in [-0.39, 0.29) is 0 Å². The number of fused-ring (bicyclic) bond motifs is 1. The Morgan fingerprint density at radius 3 is 2.81 bits per heavy atom. The fourth-order valence-corrected chi connectivity index (χ4v) is 2.12. The number of thioether (sulfide) groups is 1. The Morgan fingerprint density at radius 2 is 2.25 bits per heavy atom. The first-order chi connectivity index (χ1) is 7.56. The molecule has 1 aromatic carbocycles. The van der Waals surface area contributed by atoms with Crippen LogP contribution in [0.25, 0.3) is 0 Å². The van der Waals surface area contributed by atoms with Crippen LogP contribution < -0.4 is 16.0 Å². The fraction of sp³-hybridized carbons (Fsp3) is 0.300. The maximum Gasteiger partial charge on any atom is 0.408 e. The summed E-state index contributed by atoms with van der Waals surface area (Å²) in [4.78, 5) is 19.4. The fourth-order valence-electron chi connectivity index (χ4n) is 1.56. The first-order valence-electron chi connectivity index (χ1n) is 4.68. The van der Waals surface area contributed by atoms with E-state index in [1.54, 1.807) is 6.26 Å². The number of benzene rings is 1. The molecular weight excluding hydrogens is 226 g/mol. The van der Waals surface area contributed by atoms with Gasteiger partial charge >= 0.3 is 6.09 Å². The number of nitrogens with one attached hydrogen (secondary N) is 1. The van der Waals surface area contributed by atoms with Crippen molar-refractivity contribution < 1.29 is 9.90 Å². The van der Waals surface area contributed by atoms with Gasteiger partial charge < -0.3 is 5.11 Å². The van der Waals surface area contributed by atoms with E-state index < -0.39 is 11.2 Å². The summed E-state index contributed by atoms with van der Waals surface area (Å²) in [5, 5.41) is 11.5. The van der Waals surface area contributed by atoms with E-state index in [9.17, 15) is 4.79 Å². The molecule has 1 aliphatic rings. The number of carbonyl (C=O) groups is 1. The smallest absolute Gasteiger partial charge is 0.408 e. The van der Waals surface area contributed by atoms with E-state index in [1.807, 2.05) is 25.1 Å². The van der Waals surface area contributed by atoms with E-state index >= 15 is 0 Å². The number of hydrogen-bond acceptors (Lipinski definition) is 4. The third kappa shape index (κ3) is 1.76. The molecule has 1 unspecified atom stereocenters. The zero-order valence-corrected chi connectivity index (χ0v) is 9.71. The minimum atomic E-state index is -1.13. The van der Waals surface area contributed by atoms with Crippen LogP contribution in [0.5, 0.6) is 0 Å². The largest absolute Gasteiger partial charge is 0.465 e. The van der Waals surface area contributed by atoms with Crippen molar-refractivity contribution in [1.82, 2.24) is 5.32 Å². The lowest BCUT2D eigenvalue weighted by Crippen LogP contribution is -2.41. The molecule has 2 rings (SSSR count). The van der Waals surface area contributed by atoms with Crippen LogP contribution in [0, 0.1) is 6.92 Å². The number of amides is 1. The number of para-hydroxylation sites is 1. The quantitative estimate of drug-likeness (QED) is 0.735. The van der Waals surface area contributed by atoms with Gasteiger partial charge in [0.05, 0.1) is 10.7 Å². The molecular formula is C10H11N3O2S. The Kier molecular flexibility index (Phi) is 2.59. The minimum Gasteiger partial charge on any atom is -0.465 e. The molecule has 84 valence electrons. The maximum atomic E-state index is 10.7. The van der Waals surface area contributed by atoms with Crippen LogP contribution in [0.2, 0.25) is 0 Å². The van der Waals surface area contributed by atoms with Crippen molar-refractivity contribution in [3.63, 3.8) is 0 Å². The van der Waals surface area contributed by atoms with Gasteiger partial charge in [-0.25, -0.2) is 14.8 Å². The molecule has 1 aliphatic heterocycles. The normalized spacial score (nSPS) is 21.9. The van der Waals surface area contributed by atoms with Gasteiger partial charge in [-0.3, -0.25) is 5.32 Å². The van der Waals surface area contributed by atoms with Crippen molar-refractivity contribution in [1.29, 1.82) is 0 Å². The highest BCUT2D eigenvalue weighted by Crippen LogP contribution is 2.23. The van der Waals surface area contributed by atoms with E-state index in [0.717, 1.165) is 16.3 Å². The summed E-state index contributed by atoms with van der Waals surface area (Å²) in [5.74, 6) is 0. The van der Waals surface area contributed by atoms with E-state index in [0.29, 0.717) is 0 Å². The van der Waals surface area contributed by atoms with Gasteiger partial charge in [0.15, 0.2) is 0 Å². The molecule has 6 heteroatoms.